The van der Waals surface area contributed by atoms with Crippen molar-refractivity contribution in [2.45, 2.75) is 112 Å². The van der Waals surface area contributed by atoms with Crippen LogP contribution in [0.15, 0.2) is 23.0 Å². The summed E-state index contributed by atoms with van der Waals surface area (Å²) in [5.41, 5.74) is 1.48. The van der Waals surface area contributed by atoms with Crippen molar-refractivity contribution >= 4 is 17.7 Å². The topological polar surface area (TPSA) is 99.1 Å². The standard InChI is InChI=1S/C33H48O7/c1-17-12-25(19(3)38-16-17)31(37)18(2)30-28(40-21(5)35)14-27-24-9-8-22-13-23(39-20(4)34)10-11-32(22,6)26(24)15-29(36)33(27,30)7/h8,17-18,23-24,26-30,36H,9-16H2,1-7H3/t17-,18+,23+,24-,26+,27+,28+,29+,30+,32+,33-/m1/s1. The minimum Gasteiger partial charge on any atom is -0.498 e. The predicted octanol–water partition coefficient (Wildman–Crippen LogP) is 5.55. The summed E-state index contributed by atoms with van der Waals surface area (Å²) in [6.07, 6.45) is 6.68. The number of rotatable bonds is 5. The van der Waals surface area contributed by atoms with Gasteiger partial charge < -0.3 is 19.3 Å². The number of carbonyl (C=O) groups is 3. The van der Waals surface area contributed by atoms with Crippen molar-refractivity contribution < 1.29 is 33.7 Å². The molecule has 11 atom stereocenters. The fraction of sp³-hybridized carbons (Fsp3) is 0.788. The maximum atomic E-state index is 14.0. The summed E-state index contributed by atoms with van der Waals surface area (Å²) in [4.78, 5) is 37.9. The monoisotopic (exact) mass is 556 g/mol. The van der Waals surface area contributed by atoms with Gasteiger partial charge in [0.05, 0.1) is 18.5 Å². The molecule has 5 rings (SSSR count). The van der Waals surface area contributed by atoms with Gasteiger partial charge in [0.1, 0.15) is 12.2 Å². The molecule has 0 aromatic carbocycles. The number of carbonyl (C=O) groups excluding carboxylic acids is 3. The highest BCUT2D eigenvalue weighted by Gasteiger charge is 2.66. The van der Waals surface area contributed by atoms with Gasteiger partial charge in [-0.1, -0.05) is 39.3 Å². The quantitative estimate of drug-likeness (QED) is 0.350. The van der Waals surface area contributed by atoms with Crippen LogP contribution in [-0.4, -0.2) is 47.7 Å². The average Bonchev–Trinajstić information content (AvgIpc) is 3.17. The van der Waals surface area contributed by atoms with Crippen LogP contribution in [0.4, 0.5) is 0 Å². The Hall–Kier alpha value is -2.15. The second kappa shape index (κ2) is 10.6. The first-order chi connectivity index (χ1) is 18.8. The van der Waals surface area contributed by atoms with Crippen molar-refractivity contribution in [2.24, 2.45) is 46.3 Å². The van der Waals surface area contributed by atoms with E-state index in [1.165, 1.54) is 19.4 Å². The molecule has 1 N–H and O–H groups in total. The van der Waals surface area contributed by atoms with Crippen molar-refractivity contribution in [2.75, 3.05) is 6.61 Å². The molecular weight excluding hydrogens is 508 g/mol. The van der Waals surface area contributed by atoms with Crippen molar-refractivity contribution in [3.8, 4) is 0 Å². The summed E-state index contributed by atoms with van der Waals surface area (Å²) in [7, 11) is 0. The Morgan fingerprint density at radius 1 is 1.07 bits per heavy atom. The van der Waals surface area contributed by atoms with E-state index in [9.17, 15) is 19.5 Å². The third-order valence-corrected chi connectivity index (χ3v) is 11.7. The van der Waals surface area contributed by atoms with E-state index in [1.54, 1.807) is 0 Å². The Morgan fingerprint density at radius 2 is 1.77 bits per heavy atom. The minimum absolute atomic E-state index is 0.0592. The molecule has 0 saturated heterocycles. The lowest BCUT2D eigenvalue weighted by Gasteiger charge is -2.59. The number of Topliss-reactive ketones (excluding diaryl/α,β-unsaturated/α-hetero) is 1. The molecule has 0 aromatic rings. The molecule has 3 saturated carbocycles. The molecule has 0 unspecified atom stereocenters. The van der Waals surface area contributed by atoms with Crippen molar-refractivity contribution in [3.05, 3.63) is 23.0 Å². The fourth-order valence-corrected chi connectivity index (χ4v) is 9.78. The lowest BCUT2D eigenvalue weighted by Crippen LogP contribution is -2.57. The zero-order valence-corrected chi connectivity index (χ0v) is 25.3. The highest BCUT2D eigenvalue weighted by molar-refractivity contribution is 5.97. The van der Waals surface area contributed by atoms with Crippen LogP contribution < -0.4 is 0 Å². The van der Waals surface area contributed by atoms with Crippen LogP contribution in [0.25, 0.3) is 0 Å². The average molecular weight is 557 g/mol. The molecule has 0 bridgehead atoms. The smallest absolute Gasteiger partial charge is 0.302 e. The number of aliphatic hydroxyl groups is 1. The molecule has 4 aliphatic carbocycles. The molecule has 0 amide bonds. The third kappa shape index (κ3) is 4.74. The highest BCUT2D eigenvalue weighted by Crippen LogP contribution is 2.67. The molecule has 0 aromatic heterocycles. The summed E-state index contributed by atoms with van der Waals surface area (Å²) in [6, 6.07) is 0. The molecule has 40 heavy (non-hydrogen) atoms. The lowest BCUT2D eigenvalue weighted by molar-refractivity contribution is -0.161. The number of hydrogen-bond acceptors (Lipinski definition) is 7. The van der Waals surface area contributed by atoms with E-state index in [4.69, 9.17) is 14.2 Å². The second-order valence-corrected chi connectivity index (χ2v) is 14.1. The first-order valence-corrected chi connectivity index (χ1v) is 15.4. The number of hydrogen-bond donors (Lipinski definition) is 1. The van der Waals surface area contributed by atoms with Crippen LogP contribution in [0.1, 0.15) is 93.4 Å². The lowest BCUT2D eigenvalue weighted by atomic mass is 9.46. The van der Waals surface area contributed by atoms with Gasteiger partial charge in [0, 0.05) is 43.1 Å². The van der Waals surface area contributed by atoms with Crippen molar-refractivity contribution in [1.82, 2.24) is 0 Å². The molecule has 5 aliphatic rings. The summed E-state index contributed by atoms with van der Waals surface area (Å²) >= 11 is 0. The Kier molecular flexibility index (Phi) is 7.78. The van der Waals surface area contributed by atoms with Gasteiger partial charge in [-0.05, 0) is 74.5 Å². The maximum Gasteiger partial charge on any atom is 0.302 e. The van der Waals surface area contributed by atoms with Crippen LogP contribution in [-0.2, 0) is 28.6 Å². The Morgan fingerprint density at radius 3 is 2.45 bits per heavy atom. The second-order valence-electron chi connectivity index (χ2n) is 14.1. The molecule has 0 radical (unpaired) electrons. The van der Waals surface area contributed by atoms with Crippen molar-refractivity contribution in [1.29, 1.82) is 0 Å². The fourth-order valence-electron chi connectivity index (χ4n) is 9.78. The predicted molar refractivity (Wildman–Crippen MR) is 150 cm³/mol. The molecule has 7 heteroatoms. The van der Waals surface area contributed by atoms with Gasteiger partial charge in [-0.2, -0.15) is 0 Å². The number of allylic oxidation sites excluding steroid dienone is 3. The Balaban J connectivity index is 1.47. The van der Waals surface area contributed by atoms with Gasteiger partial charge in [0.2, 0.25) is 0 Å². The van der Waals surface area contributed by atoms with Crippen LogP contribution in [0, 0.1) is 46.3 Å². The van der Waals surface area contributed by atoms with E-state index >= 15 is 0 Å². The number of ether oxygens (including phenoxy) is 3. The zero-order chi connectivity index (χ0) is 29.1. The SMILES string of the molecule is CC(=O)O[C@H]1CC[C@@]2(C)C(=CC[C@H]3[C@@H]4C[C@H](OC(C)=O)[C@H]([C@H](C)C(=O)C5=C(C)OC[C@H](C)C5)[C@@]4(C)[C@@H](O)C[C@@H]32)C1. The van der Waals surface area contributed by atoms with E-state index < -0.39 is 23.5 Å². The molecule has 222 valence electrons. The van der Waals surface area contributed by atoms with Gasteiger partial charge >= 0.3 is 11.9 Å². The molecule has 7 nitrogen and oxygen atoms in total. The van der Waals surface area contributed by atoms with Crippen LogP contribution in [0.3, 0.4) is 0 Å². The van der Waals surface area contributed by atoms with Crippen LogP contribution >= 0.6 is 0 Å². The number of aliphatic hydroxyl groups excluding tert-OH is 1. The maximum absolute atomic E-state index is 14.0. The van der Waals surface area contributed by atoms with Gasteiger partial charge in [0.15, 0.2) is 5.78 Å². The van der Waals surface area contributed by atoms with Crippen molar-refractivity contribution in [3.63, 3.8) is 0 Å². The molecule has 1 heterocycles. The third-order valence-electron chi connectivity index (χ3n) is 11.7. The minimum atomic E-state index is -0.612. The van der Waals surface area contributed by atoms with E-state index in [-0.39, 0.29) is 47.0 Å². The van der Waals surface area contributed by atoms with Gasteiger partial charge in [-0.25, -0.2) is 0 Å². The normalized spacial score (nSPS) is 43.4. The van der Waals surface area contributed by atoms with E-state index in [2.05, 4.69) is 26.8 Å². The molecular formula is C33H48O7. The molecule has 3 fully saturated rings. The first-order valence-electron chi connectivity index (χ1n) is 15.4. The summed E-state index contributed by atoms with van der Waals surface area (Å²) in [5, 5.41) is 12.0. The summed E-state index contributed by atoms with van der Waals surface area (Å²) < 4.78 is 17.4. The van der Waals surface area contributed by atoms with Crippen LogP contribution in [0.2, 0.25) is 0 Å². The van der Waals surface area contributed by atoms with E-state index in [0.717, 1.165) is 31.3 Å². The molecule has 1 aliphatic heterocycles. The Bertz CT molecular complexity index is 1120. The van der Waals surface area contributed by atoms with E-state index in [0.29, 0.717) is 43.5 Å². The largest absolute Gasteiger partial charge is 0.498 e. The summed E-state index contributed by atoms with van der Waals surface area (Å²) in [5.74, 6) is 0.521. The number of esters is 2. The van der Waals surface area contributed by atoms with E-state index in [1.807, 2.05) is 13.8 Å². The number of ketones is 1. The zero-order valence-electron chi connectivity index (χ0n) is 25.3. The molecule has 0 spiro atoms. The number of fused-ring (bicyclic) bond motifs is 5. The summed E-state index contributed by atoms with van der Waals surface area (Å²) in [6.45, 7) is 13.9. The van der Waals surface area contributed by atoms with Gasteiger partial charge in [-0.3, -0.25) is 14.4 Å². The Labute approximate surface area is 239 Å². The van der Waals surface area contributed by atoms with Crippen LogP contribution in [0.5, 0.6) is 0 Å². The van der Waals surface area contributed by atoms with Gasteiger partial charge in [-0.15, -0.1) is 0 Å². The van der Waals surface area contributed by atoms with Gasteiger partial charge in [0.25, 0.3) is 0 Å². The first kappa shape index (κ1) is 29.3. The highest BCUT2D eigenvalue weighted by atomic mass is 16.5.